The lowest BCUT2D eigenvalue weighted by molar-refractivity contribution is 0.631. The van der Waals surface area contributed by atoms with Crippen molar-refractivity contribution < 1.29 is 4.39 Å². The molecule has 1 unspecified atom stereocenters. The predicted octanol–water partition coefficient (Wildman–Crippen LogP) is 3.82. The Morgan fingerprint density at radius 2 is 2.00 bits per heavy atom. The minimum absolute atomic E-state index is 0.226. The first-order chi connectivity index (χ1) is 15.3. The first-order valence-corrected chi connectivity index (χ1v) is 10.8. The molecule has 0 spiro atoms. The van der Waals surface area contributed by atoms with Crippen molar-refractivity contribution >= 4 is 28.3 Å². The topological polar surface area (TPSA) is 68.8 Å². The monoisotopic (exact) mass is 452 g/mol. The summed E-state index contributed by atoms with van der Waals surface area (Å²) in [7, 11) is 3.64. The van der Waals surface area contributed by atoms with Crippen LogP contribution in [0.2, 0.25) is 5.02 Å². The molecule has 164 valence electrons. The lowest BCUT2D eigenvalue weighted by Crippen LogP contribution is -2.24. The Hall–Kier alpha value is -3.26. The van der Waals surface area contributed by atoms with E-state index in [0.717, 1.165) is 25.3 Å². The van der Waals surface area contributed by atoms with Gasteiger partial charge < -0.3 is 9.47 Å². The first kappa shape index (κ1) is 20.6. The highest BCUT2D eigenvalue weighted by atomic mass is 35.5. The van der Waals surface area contributed by atoms with Crippen LogP contribution in [0.5, 0.6) is 0 Å². The molecule has 1 fully saturated rings. The van der Waals surface area contributed by atoms with Gasteiger partial charge in [-0.3, -0.25) is 9.36 Å². The number of hydrogen-bond donors (Lipinski definition) is 0. The minimum Gasteiger partial charge on any atom is -0.356 e. The summed E-state index contributed by atoms with van der Waals surface area (Å²) in [5, 5.41) is 0.578. The van der Waals surface area contributed by atoms with Gasteiger partial charge in [-0.25, -0.2) is 19.3 Å². The molecule has 32 heavy (non-hydrogen) atoms. The number of aromatic nitrogens is 5. The number of benzene rings is 1. The van der Waals surface area contributed by atoms with Crippen molar-refractivity contribution in [1.29, 1.82) is 0 Å². The van der Waals surface area contributed by atoms with Crippen LogP contribution in [-0.2, 0) is 14.1 Å². The normalized spacial score (nSPS) is 16.3. The summed E-state index contributed by atoms with van der Waals surface area (Å²) in [5.41, 5.74) is 0.743. The Morgan fingerprint density at radius 3 is 2.72 bits per heavy atom. The van der Waals surface area contributed by atoms with Crippen LogP contribution in [0.3, 0.4) is 0 Å². The van der Waals surface area contributed by atoms with Crippen LogP contribution in [0.15, 0.2) is 41.5 Å². The number of imidazole rings is 1. The van der Waals surface area contributed by atoms with Crippen LogP contribution >= 0.6 is 11.6 Å². The number of aryl methyl sites for hydroxylation is 2. The van der Waals surface area contributed by atoms with Crippen molar-refractivity contribution in [3.63, 3.8) is 0 Å². The molecule has 0 bridgehead atoms. The predicted molar refractivity (Wildman–Crippen MR) is 123 cm³/mol. The Bertz CT molecular complexity index is 1410. The maximum atomic E-state index is 14.9. The SMILES string of the molecule is Cc1nc2cc(N3CCC(c4nccn4C)C3)nc(-c3ccc(Cl)cc3F)c2c(=O)n1C. The van der Waals surface area contributed by atoms with Gasteiger partial charge in [-0.15, -0.1) is 0 Å². The summed E-state index contributed by atoms with van der Waals surface area (Å²) in [6.07, 6.45) is 4.67. The Kier molecular flexibility index (Phi) is 4.97. The number of halogens is 2. The van der Waals surface area contributed by atoms with Gasteiger partial charge in [0.15, 0.2) is 0 Å². The Balaban J connectivity index is 1.67. The zero-order chi connectivity index (χ0) is 22.6. The molecule has 5 rings (SSSR count). The van der Waals surface area contributed by atoms with E-state index in [4.69, 9.17) is 16.6 Å². The van der Waals surface area contributed by atoms with Crippen molar-refractivity contribution in [3.05, 3.63) is 69.5 Å². The summed E-state index contributed by atoms with van der Waals surface area (Å²) in [6.45, 7) is 3.29. The number of fused-ring (bicyclic) bond motifs is 1. The second-order valence-corrected chi connectivity index (χ2v) is 8.63. The lowest BCUT2D eigenvalue weighted by Gasteiger charge is -2.20. The summed E-state index contributed by atoms with van der Waals surface area (Å²) >= 11 is 5.96. The van der Waals surface area contributed by atoms with Gasteiger partial charge in [-0.2, -0.15) is 0 Å². The van der Waals surface area contributed by atoms with Gasteiger partial charge in [-0.05, 0) is 31.5 Å². The van der Waals surface area contributed by atoms with Crippen molar-refractivity contribution in [2.24, 2.45) is 14.1 Å². The van der Waals surface area contributed by atoms with E-state index < -0.39 is 5.82 Å². The zero-order valence-electron chi connectivity index (χ0n) is 18.0. The number of pyridine rings is 1. The van der Waals surface area contributed by atoms with Gasteiger partial charge in [-0.1, -0.05) is 11.6 Å². The third-order valence-corrected chi connectivity index (χ3v) is 6.43. The van der Waals surface area contributed by atoms with E-state index in [1.165, 1.54) is 10.6 Å². The highest BCUT2D eigenvalue weighted by Gasteiger charge is 2.29. The fraction of sp³-hybridized carbons (Fsp3) is 0.304. The van der Waals surface area contributed by atoms with Crippen LogP contribution in [0.1, 0.15) is 24.0 Å². The molecular formula is C23H22ClFN6O. The molecule has 0 N–H and O–H groups in total. The van der Waals surface area contributed by atoms with Gasteiger partial charge >= 0.3 is 0 Å². The third-order valence-electron chi connectivity index (χ3n) is 6.19. The Morgan fingerprint density at radius 1 is 1.19 bits per heavy atom. The minimum atomic E-state index is -0.529. The van der Waals surface area contributed by atoms with E-state index in [9.17, 15) is 9.18 Å². The van der Waals surface area contributed by atoms with Crippen molar-refractivity contribution in [1.82, 2.24) is 24.1 Å². The average Bonchev–Trinajstić information content (AvgIpc) is 3.40. The second kappa shape index (κ2) is 7.70. The molecular weight excluding hydrogens is 431 g/mol. The molecule has 1 atom stereocenters. The second-order valence-electron chi connectivity index (χ2n) is 8.20. The largest absolute Gasteiger partial charge is 0.356 e. The first-order valence-electron chi connectivity index (χ1n) is 10.4. The highest BCUT2D eigenvalue weighted by Crippen LogP contribution is 2.34. The van der Waals surface area contributed by atoms with Crippen molar-refractivity contribution in [2.45, 2.75) is 19.3 Å². The van der Waals surface area contributed by atoms with Gasteiger partial charge in [0.1, 0.15) is 23.3 Å². The lowest BCUT2D eigenvalue weighted by atomic mass is 10.1. The maximum Gasteiger partial charge on any atom is 0.263 e. The number of rotatable bonds is 3. The van der Waals surface area contributed by atoms with Crippen LogP contribution in [0.4, 0.5) is 10.2 Å². The number of nitrogens with zero attached hydrogens (tertiary/aromatic N) is 6. The quantitative estimate of drug-likeness (QED) is 0.472. The molecule has 1 aliphatic rings. The molecule has 4 aromatic rings. The molecule has 1 aromatic carbocycles. The molecule has 3 aromatic heterocycles. The smallest absolute Gasteiger partial charge is 0.263 e. The molecule has 0 aliphatic carbocycles. The van der Waals surface area contributed by atoms with Gasteiger partial charge in [0.2, 0.25) is 0 Å². The van der Waals surface area contributed by atoms with E-state index in [2.05, 4.69) is 14.9 Å². The third kappa shape index (κ3) is 3.35. The summed E-state index contributed by atoms with van der Waals surface area (Å²) in [4.78, 5) is 29.1. The number of hydrogen-bond acceptors (Lipinski definition) is 5. The van der Waals surface area contributed by atoms with Gasteiger partial charge in [0.25, 0.3) is 5.56 Å². The van der Waals surface area contributed by atoms with E-state index in [1.807, 2.05) is 23.9 Å². The van der Waals surface area contributed by atoms with Gasteiger partial charge in [0, 0.05) is 62.1 Å². The molecule has 4 heterocycles. The molecule has 1 saturated heterocycles. The molecule has 7 nitrogen and oxygen atoms in total. The summed E-state index contributed by atoms with van der Waals surface area (Å²) < 4.78 is 18.4. The Labute approximate surface area is 189 Å². The molecule has 9 heteroatoms. The van der Waals surface area contributed by atoms with E-state index in [-0.39, 0.29) is 27.8 Å². The zero-order valence-corrected chi connectivity index (χ0v) is 18.8. The number of anilines is 1. The molecule has 0 saturated carbocycles. The van der Waals surface area contributed by atoms with E-state index in [0.29, 0.717) is 22.5 Å². The fourth-order valence-electron chi connectivity index (χ4n) is 4.37. The van der Waals surface area contributed by atoms with Crippen LogP contribution in [0.25, 0.3) is 22.2 Å². The molecule has 0 amide bonds. The maximum absolute atomic E-state index is 14.9. The van der Waals surface area contributed by atoms with Crippen molar-refractivity contribution in [2.75, 3.05) is 18.0 Å². The van der Waals surface area contributed by atoms with E-state index >= 15 is 0 Å². The van der Waals surface area contributed by atoms with E-state index in [1.54, 1.807) is 32.3 Å². The van der Waals surface area contributed by atoms with Crippen LogP contribution in [0, 0.1) is 12.7 Å². The standard InChI is InChI=1S/C23H22ClFN6O/c1-13-27-18-11-19(31-8-6-14(12-31)22-26-7-9-29(22)2)28-21(20(18)23(32)30(13)3)16-5-4-15(24)10-17(16)25/h4-5,7,9-11,14H,6,8,12H2,1-3H3. The van der Waals surface area contributed by atoms with Gasteiger partial charge in [0.05, 0.1) is 16.6 Å². The van der Waals surface area contributed by atoms with Crippen LogP contribution in [-0.4, -0.2) is 37.2 Å². The summed E-state index contributed by atoms with van der Waals surface area (Å²) in [6, 6.07) is 6.21. The highest BCUT2D eigenvalue weighted by molar-refractivity contribution is 6.30. The average molecular weight is 453 g/mol. The summed E-state index contributed by atoms with van der Waals surface area (Å²) in [5.74, 6) is 2.01. The fourth-order valence-corrected chi connectivity index (χ4v) is 4.53. The van der Waals surface area contributed by atoms with Crippen LogP contribution < -0.4 is 10.5 Å². The van der Waals surface area contributed by atoms with Crippen molar-refractivity contribution in [3.8, 4) is 11.3 Å². The molecule has 1 aliphatic heterocycles. The molecule has 0 radical (unpaired) electrons.